The van der Waals surface area contributed by atoms with Gasteiger partial charge in [0.2, 0.25) is 0 Å². The van der Waals surface area contributed by atoms with Crippen LogP contribution in [-0.4, -0.2) is 22.3 Å². The molecule has 0 aliphatic heterocycles. The lowest BCUT2D eigenvalue weighted by molar-refractivity contribution is -0.173. The van der Waals surface area contributed by atoms with Crippen LogP contribution in [0.2, 0.25) is 0 Å². The van der Waals surface area contributed by atoms with E-state index >= 15 is 0 Å². The topological polar surface area (TPSA) is 54.4 Å². The van der Waals surface area contributed by atoms with E-state index in [9.17, 15) is 14.7 Å². The molecule has 0 aromatic heterocycles. The number of hydrogen-bond donors (Lipinski definition) is 1. The van der Waals surface area contributed by atoms with E-state index < -0.39 is 5.60 Å². The number of carbonyl (C=O) groups is 2. The molecule has 25 heavy (non-hydrogen) atoms. The molecule has 4 aliphatic rings. The second kappa shape index (κ2) is 5.41. The first kappa shape index (κ1) is 17.7. The van der Waals surface area contributed by atoms with Crippen LogP contribution in [0.25, 0.3) is 0 Å². The fourth-order valence-corrected chi connectivity index (χ4v) is 8.14. The average Bonchev–Trinajstić information content (AvgIpc) is 2.77. The van der Waals surface area contributed by atoms with E-state index in [1.54, 1.807) is 6.92 Å². The summed E-state index contributed by atoms with van der Waals surface area (Å²) < 4.78 is 0. The second-order valence-electron chi connectivity index (χ2n) is 10.3. The van der Waals surface area contributed by atoms with Gasteiger partial charge in [-0.2, -0.15) is 0 Å². The summed E-state index contributed by atoms with van der Waals surface area (Å²) in [5, 5.41) is 11.4. The van der Waals surface area contributed by atoms with Gasteiger partial charge in [0.05, 0.1) is 0 Å². The number of fused-ring (bicyclic) bond motifs is 5. The third-order valence-corrected chi connectivity index (χ3v) is 9.60. The van der Waals surface area contributed by atoms with Gasteiger partial charge in [-0.3, -0.25) is 9.59 Å². The first-order chi connectivity index (χ1) is 11.6. The van der Waals surface area contributed by atoms with Gasteiger partial charge in [-0.25, -0.2) is 0 Å². The Kier molecular flexibility index (Phi) is 3.83. The van der Waals surface area contributed by atoms with E-state index in [-0.39, 0.29) is 17.1 Å². The summed E-state index contributed by atoms with van der Waals surface area (Å²) in [7, 11) is 0. The number of ketones is 2. The van der Waals surface area contributed by atoms with Crippen LogP contribution in [0.15, 0.2) is 0 Å². The van der Waals surface area contributed by atoms with E-state index in [4.69, 9.17) is 0 Å². The number of Topliss-reactive ketones (excluding diaryl/α,β-unsaturated/α-hetero) is 2. The highest BCUT2D eigenvalue weighted by Crippen LogP contribution is 2.69. The van der Waals surface area contributed by atoms with E-state index in [1.807, 2.05) is 0 Å². The minimum absolute atomic E-state index is 0.0355. The van der Waals surface area contributed by atoms with Gasteiger partial charge in [0.1, 0.15) is 11.4 Å². The minimum atomic E-state index is -1.15. The zero-order valence-electron chi connectivity index (χ0n) is 16.3. The Hall–Kier alpha value is -0.700. The van der Waals surface area contributed by atoms with Crippen LogP contribution in [0.4, 0.5) is 0 Å². The SMILES string of the molecule is CC(=O)[C@]1(O)[C@@H](C)C[C@H]2[C@@H]3CC[C@@H]4CC(=O)CC[C@@]4(C)[C@@H]3CC[C@]21C. The van der Waals surface area contributed by atoms with Crippen molar-refractivity contribution < 1.29 is 14.7 Å². The number of rotatable bonds is 1. The predicted molar refractivity (Wildman–Crippen MR) is 96.9 cm³/mol. The summed E-state index contributed by atoms with van der Waals surface area (Å²) in [5.74, 6) is 2.77. The summed E-state index contributed by atoms with van der Waals surface area (Å²) in [5.41, 5.74) is -1.13. The highest BCUT2D eigenvalue weighted by molar-refractivity contribution is 5.86. The van der Waals surface area contributed by atoms with Crippen molar-refractivity contribution in [3.63, 3.8) is 0 Å². The van der Waals surface area contributed by atoms with Crippen LogP contribution in [0.5, 0.6) is 0 Å². The largest absolute Gasteiger partial charge is 0.381 e. The van der Waals surface area contributed by atoms with Crippen molar-refractivity contribution >= 4 is 11.6 Å². The third kappa shape index (κ3) is 2.08. The van der Waals surface area contributed by atoms with Crippen molar-refractivity contribution in [1.82, 2.24) is 0 Å². The molecule has 0 bridgehead atoms. The summed E-state index contributed by atoms with van der Waals surface area (Å²) in [6, 6.07) is 0. The monoisotopic (exact) mass is 346 g/mol. The molecule has 4 saturated carbocycles. The number of hydrogen-bond acceptors (Lipinski definition) is 3. The zero-order chi connectivity index (χ0) is 18.2. The summed E-state index contributed by atoms with van der Waals surface area (Å²) in [6.07, 6.45) is 7.97. The van der Waals surface area contributed by atoms with Gasteiger partial charge in [0.25, 0.3) is 0 Å². The predicted octanol–water partition coefficient (Wildman–Crippen LogP) is 4.16. The summed E-state index contributed by atoms with van der Waals surface area (Å²) in [4.78, 5) is 24.4. The van der Waals surface area contributed by atoms with Crippen LogP contribution in [-0.2, 0) is 9.59 Å². The lowest BCUT2D eigenvalue weighted by Crippen LogP contribution is -2.59. The molecule has 0 amide bonds. The quantitative estimate of drug-likeness (QED) is 0.775. The van der Waals surface area contributed by atoms with Gasteiger partial charge < -0.3 is 5.11 Å². The summed E-state index contributed by atoms with van der Waals surface area (Å²) >= 11 is 0. The Morgan fingerprint density at radius 1 is 1.12 bits per heavy atom. The fraction of sp³-hybridized carbons (Fsp3) is 0.909. The van der Waals surface area contributed by atoms with E-state index in [0.717, 1.165) is 44.9 Å². The maximum absolute atomic E-state index is 12.4. The molecule has 8 atom stereocenters. The molecule has 4 fully saturated rings. The van der Waals surface area contributed by atoms with Crippen molar-refractivity contribution in [2.45, 2.75) is 84.7 Å². The van der Waals surface area contributed by atoms with Gasteiger partial charge >= 0.3 is 0 Å². The first-order valence-corrected chi connectivity index (χ1v) is 10.4. The standard InChI is InChI=1S/C22H34O3/c1-13-11-19-17-6-5-15-12-16(24)7-9-20(15,3)18(17)8-10-21(19,4)22(13,25)14(2)23/h13,15,17-19,25H,5-12H2,1-4H3/t13-,15+,17+,18+,19-,20+,21+,22+/m0/s1. The van der Waals surface area contributed by atoms with Gasteiger partial charge in [-0.15, -0.1) is 0 Å². The first-order valence-electron chi connectivity index (χ1n) is 10.4. The molecule has 4 rings (SSSR count). The lowest BCUT2D eigenvalue weighted by Gasteiger charge is -2.60. The Bertz CT molecular complexity index is 612. The molecule has 140 valence electrons. The number of carbonyl (C=O) groups excluding carboxylic acids is 2. The highest BCUT2D eigenvalue weighted by Gasteiger charge is 2.68. The molecule has 0 unspecified atom stereocenters. The normalized spacial score (nSPS) is 55.2. The van der Waals surface area contributed by atoms with Gasteiger partial charge in [0.15, 0.2) is 5.78 Å². The van der Waals surface area contributed by atoms with Crippen LogP contribution in [0.1, 0.15) is 79.1 Å². The average molecular weight is 347 g/mol. The van der Waals surface area contributed by atoms with E-state index in [1.165, 1.54) is 6.42 Å². The molecule has 0 aromatic carbocycles. The maximum Gasteiger partial charge on any atom is 0.162 e. The van der Waals surface area contributed by atoms with Crippen LogP contribution < -0.4 is 0 Å². The Balaban J connectivity index is 1.68. The molecule has 0 heterocycles. The van der Waals surface area contributed by atoms with Crippen LogP contribution in [0.3, 0.4) is 0 Å². The molecule has 0 spiro atoms. The van der Waals surface area contributed by atoms with Crippen molar-refractivity contribution in [3.05, 3.63) is 0 Å². The molecular weight excluding hydrogens is 312 g/mol. The Morgan fingerprint density at radius 3 is 2.52 bits per heavy atom. The second-order valence-corrected chi connectivity index (χ2v) is 10.3. The lowest BCUT2D eigenvalue weighted by atomic mass is 9.44. The molecule has 3 heteroatoms. The maximum atomic E-state index is 12.4. The summed E-state index contributed by atoms with van der Waals surface area (Å²) in [6.45, 7) is 8.30. The number of aliphatic hydroxyl groups is 1. The Morgan fingerprint density at radius 2 is 1.84 bits per heavy atom. The fourth-order valence-electron chi connectivity index (χ4n) is 8.14. The molecule has 0 saturated heterocycles. The van der Waals surface area contributed by atoms with E-state index in [0.29, 0.717) is 34.9 Å². The third-order valence-electron chi connectivity index (χ3n) is 9.60. The van der Waals surface area contributed by atoms with Gasteiger partial charge in [0, 0.05) is 18.3 Å². The van der Waals surface area contributed by atoms with Gasteiger partial charge in [-0.05, 0) is 80.5 Å². The minimum Gasteiger partial charge on any atom is -0.381 e. The van der Waals surface area contributed by atoms with Crippen molar-refractivity contribution in [2.24, 2.45) is 40.4 Å². The van der Waals surface area contributed by atoms with E-state index in [2.05, 4.69) is 20.8 Å². The van der Waals surface area contributed by atoms with Crippen LogP contribution in [0, 0.1) is 40.4 Å². The molecule has 3 nitrogen and oxygen atoms in total. The van der Waals surface area contributed by atoms with Crippen molar-refractivity contribution in [2.75, 3.05) is 0 Å². The Labute approximate surface area is 151 Å². The van der Waals surface area contributed by atoms with Crippen LogP contribution >= 0.6 is 0 Å². The van der Waals surface area contributed by atoms with Crippen molar-refractivity contribution in [1.29, 1.82) is 0 Å². The molecule has 1 N–H and O–H groups in total. The molecule has 4 aliphatic carbocycles. The van der Waals surface area contributed by atoms with Gasteiger partial charge in [-0.1, -0.05) is 20.8 Å². The highest BCUT2D eigenvalue weighted by atomic mass is 16.3. The zero-order valence-corrected chi connectivity index (χ0v) is 16.3. The van der Waals surface area contributed by atoms with Crippen molar-refractivity contribution in [3.8, 4) is 0 Å². The molecule has 0 radical (unpaired) electrons. The smallest absolute Gasteiger partial charge is 0.162 e. The molecule has 0 aromatic rings. The molecular formula is C22H34O3.